The fourth-order valence-corrected chi connectivity index (χ4v) is 1.73. The zero-order chi connectivity index (χ0) is 13.6. The van der Waals surface area contributed by atoms with Crippen LogP contribution >= 0.6 is 0 Å². The van der Waals surface area contributed by atoms with E-state index in [9.17, 15) is 17.6 Å². The molecule has 0 amide bonds. The largest absolute Gasteiger partial charge is 0.401 e. The summed E-state index contributed by atoms with van der Waals surface area (Å²) >= 11 is 0. The van der Waals surface area contributed by atoms with Gasteiger partial charge in [0.1, 0.15) is 5.82 Å². The van der Waals surface area contributed by atoms with Crippen molar-refractivity contribution in [3.8, 4) is 0 Å². The summed E-state index contributed by atoms with van der Waals surface area (Å²) in [4.78, 5) is 0. The quantitative estimate of drug-likeness (QED) is 0.758. The topological polar surface area (TPSA) is 12.0 Å². The minimum atomic E-state index is -4.23. The normalized spacial score (nSPS) is 13.6. The first-order valence-corrected chi connectivity index (χ1v) is 5.98. The second kappa shape index (κ2) is 6.73. The number of hydrogen-bond acceptors (Lipinski definition) is 1. The van der Waals surface area contributed by atoms with Crippen molar-refractivity contribution in [2.24, 2.45) is 0 Å². The molecule has 0 aromatic heterocycles. The average Bonchev–Trinajstić information content (AvgIpc) is 2.29. The number of nitrogens with one attached hydrogen (secondary N) is 1. The van der Waals surface area contributed by atoms with Crippen LogP contribution in [0, 0.1) is 5.82 Å². The molecular formula is C13H17F4N. The number of hydrogen-bond donors (Lipinski definition) is 1. The highest BCUT2D eigenvalue weighted by Crippen LogP contribution is 2.22. The maximum Gasteiger partial charge on any atom is 0.401 e. The van der Waals surface area contributed by atoms with Gasteiger partial charge in [0.2, 0.25) is 0 Å². The van der Waals surface area contributed by atoms with Crippen molar-refractivity contribution in [2.75, 3.05) is 6.54 Å². The van der Waals surface area contributed by atoms with E-state index in [1.165, 1.54) is 24.3 Å². The van der Waals surface area contributed by atoms with E-state index in [2.05, 4.69) is 5.32 Å². The summed E-state index contributed by atoms with van der Waals surface area (Å²) in [5.41, 5.74) is 0.689. The van der Waals surface area contributed by atoms with Crippen molar-refractivity contribution in [1.82, 2.24) is 5.32 Å². The molecule has 0 radical (unpaired) electrons. The SMILES string of the molecule is CCCCC(NCC(F)(F)F)c1ccc(F)cc1. The van der Waals surface area contributed by atoms with E-state index in [4.69, 9.17) is 0 Å². The lowest BCUT2D eigenvalue weighted by Gasteiger charge is -2.20. The Hall–Kier alpha value is -1.10. The zero-order valence-electron chi connectivity index (χ0n) is 10.2. The molecule has 18 heavy (non-hydrogen) atoms. The molecule has 0 heterocycles. The third-order valence-corrected chi connectivity index (χ3v) is 2.67. The van der Waals surface area contributed by atoms with Crippen LogP contribution in [0.1, 0.15) is 37.8 Å². The van der Waals surface area contributed by atoms with Crippen LogP contribution in [0.5, 0.6) is 0 Å². The number of halogens is 4. The van der Waals surface area contributed by atoms with Gasteiger partial charge in [-0.3, -0.25) is 0 Å². The van der Waals surface area contributed by atoms with Gasteiger partial charge in [0.15, 0.2) is 0 Å². The summed E-state index contributed by atoms with van der Waals surface area (Å²) in [6.45, 7) is 0.949. The second-order valence-corrected chi connectivity index (χ2v) is 4.24. The van der Waals surface area contributed by atoms with Crippen molar-refractivity contribution in [1.29, 1.82) is 0 Å². The van der Waals surface area contributed by atoms with Crippen LogP contribution in [0.3, 0.4) is 0 Å². The van der Waals surface area contributed by atoms with E-state index in [-0.39, 0.29) is 11.9 Å². The Balaban J connectivity index is 2.68. The molecule has 0 aliphatic rings. The van der Waals surface area contributed by atoms with Gasteiger partial charge in [0.05, 0.1) is 6.54 Å². The Morgan fingerprint density at radius 3 is 2.28 bits per heavy atom. The van der Waals surface area contributed by atoms with Crippen LogP contribution in [0.25, 0.3) is 0 Å². The molecule has 0 fully saturated rings. The molecule has 0 aliphatic heterocycles. The summed E-state index contributed by atoms with van der Waals surface area (Å²) in [6.07, 6.45) is -1.89. The highest BCUT2D eigenvalue weighted by atomic mass is 19.4. The van der Waals surface area contributed by atoms with Crippen LogP contribution in [0.4, 0.5) is 17.6 Å². The Kier molecular flexibility index (Phi) is 5.59. The molecular weight excluding hydrogens is 246 g/mol. The summed E-state index contributed by atoms with van der Waals surface area (Å²) in [7, 11) is 0. The van der Waals surface area contributed by atoms with Crippen LogP contribution in [-0.4, -0.2) is 12.7 Å². The molecule has 102 valence electrons. The van der Waals surface area contributed by atoms with Crippen molar-refractivity contribution in [3.05, 3.63) is 35.6 Å². The van der Waals surface area contributed by atoms with Gasteiger partial charge in [-0.05, 0) is 24.1 Å². The standard InChI is InChI=1S/C13H17F4N/c1-2-3-4-12(18-9-13(15,16)17)10-5-7-11(14)8-6-10/h5-8,12,18H,2-4,9H2,1H3. The number of rotatable bonds is 6. The Morgan fingerprint density at radius 1 is 1.17 bits per heavy atom. The maximum atomic E-state index is 12.8. The highest BCUT2D eigenvalue weighted by molar-refractivity contribution is 5.19. The first-order valence-electron chi connectivity index (χ1n) is 5.98. The van der Waals surface area contributed by atoms with Crippen molar-refractivity contribution < 1.29 is 17.6 Å². The van der Waals surface area contributed by atoms with Crippen LogP contribution in [0.2, 0.25) is 0 Å². The first kappa shape index (κ1) is 15.0. The average molecular weight is 263 g/mol. The number of unbranched alkanes of at least 4 members (excludes halogenated alkanes) is 1. The number of benzene rings is 1. The van der Waals surface area contributed by atoms with Gasteiger partial charge < -0.3 is 5.32 Å². The Bertz CT molecular complexity index is 345. The molecule has 0 spiro atoms. The molecule has 1 aromatic carbocycles. The molecule has 5 heteroatoms. The van der Waals surface area contributed by atoms with Gasteiger partial charge >= 0.3 is 6.18 Å². The lowest BCUT2D eigenvalue weighted by atomic mass is 10.0. The van der Waals surface area contributed by atoms with Gasteiger partial charge in [-0.25, -0.2) is 4.39 Å². The zero-order valence-corrected chi connectivity index (χ0v) is 10.2. The summed E-state index contributed by atoms with van der Waals surface area (Å²) in [5.74, 6) is -0.385. The predicted molar refractivity (Wildman–Crippen MR) is 62.7 cm³/mol. The predicted octanol–water partition coefficient (Wildman–Crippen LogP) is 4.21. The van der Waals surface area contributed by atoms with Crippen LogP contribution < -0.4 is 5.32 Å². The first-order chi connectivity index (χ1) is 8.42. The molecule has 0 saturated carbocycles. The second-order valence-electron chi connectivity index (χ2n) is 4.24. The molecule has 1 N–H and O–H groups in total. The molecule has 1 nitrogen and oxygen atoms in total. The van der Waals surface area contributed by atoms with Crippen molar-refractivity contribution in [3.63, 3.8) is 0 Å². The lowest BCUT2D eigenvalue weighted by Crippen LogP contribution is -2.32. The molecule has 0 saturated heterocycles. The molecule has 0 bridgehead atoms. The highest BCUT2D eigenvalue weighted by Gasteiger charge is 2.28. The van der Waals surface area contributed by atoms with Crippen molar-refractivity contribution in [2.45, 2.75) is 38.4 Å². The van der Waals surface area contributed by atoms with Gasteiger partial charge in [0.25, 0.3) is 0 Å². The fraction of sp³-hybridized carbons (Fsp3) is 0.538. The number of alkyl halides is 3. The van der Waals surface area contributed by atoms with E-state index in [1.807, 2.05) is 6.92 Å². The summed E-state index contributed by atoms with van der Waals surface area (Å²) in [6, 6.07) is 5.21. The molecule has 1 unspecified atom stereocenters. The van der Waals surface area contributed by atoms with E-state index in [0.29, 0.717) is 12.0 Å². The fourth-order valence-electron chi connectivity index (χ4n) is 1.73. The molecule has 1 aromatic rings. The molecule has 1 atom stereocenters. The Labute approximate surface area is 104 Å². The monoisotopic (exact) mass is 263 g/mol. The van der Waals surface area contributed by atoms with Gasteiger partial charge in [-0.1, -0.05) is 31.9 Å². The van der Waals surface area contributed by atoms with Crippen LogP contribution in [0.15, 0.2) is 24.3 Å². The lowest BCUT2D eigenvalue weighted by molar-refractivity contribution is -0.126. The molecule has 1 rings (SSSR count). The maximum absolute atomic E-state index is 12.8. The summed E-state index contributed by atoms with van der Waals surface area (Å²) < 4.78 is 49.4. The van der Waals surface area contributed by atoms with Gasteiger partial charge in [-0.2, -0.15) is 13.2 Å². The van der Waals surface area contributed by atoms with Gasteiger partial charge in [-0.15, -0.1) is 0 Å². The minimum absolute atomic E-state index is 0.382. The summed E-state index contributed by atoms with van der Waals surface area (Å²) in [5, 5.41) is 2.48. The molecule has 0 aliphatic carbocycles. The minimum Gasteiger partial charge on any atom is -0.302 e. The van der Waals surface area contributed by atoms with Crippen LogP contribution in [-0.2, 0) is 0 Å². The third-order valence-electron chi connectivity index (χ3n) is 2.67. The van der Waals surface area contributed by atoms with E-state index < -0.39 is 12.7 Å². The third kappa shape index (κ3) is 5.49. The smallest absolute Gasteiger partial charge is 0.302 e. The van der Waals surface area contributed by atoms with Gasteiger partial charge in [0, 0.05) is 6.04 Å². The van der Waals surface area contributed by atoms with E-state index >= 15 is 0 Å². The Morgan fingerprint density at radius 2 is 1.78 bits per heavy atom. The van der Waals surface area contributed by atoms with E-state index in [0.717, 1.165) is 12.8 Å². The van der Waals surface area contributed by atoms with E-state index in [1.54, 1.807) is 0 Å². The van der Waals surface area contributed by atoms with Crippen molar-refractivity contribution >= 4 is 0 Å².